The molecule has 1 aromatic rings. The summed E-state index contributed by atoms with van der Waals surface area (Å²) in [6, 6.07) is 0. The van der Waals surface area contributed by atoms with Gasteiger partial charge < -0.3 is 15.6 Å². The maximum absolute atomic E-state index is 11.4. The third kappa shape index (κ3) is 2.20. The summed E-state index contributed by atoms with van der Waals surface area (Å²) in [5.74, 6) is 0.696. The van der Waals surface area contributed by atoms with Crippen LogP contribution in [0.4, 0.5) is 0 Å². The van der Waals surface area contributed by atoms with Gasteiger partial charge in [0, 0.05) is 31.7 Å². The molecule has 0 unspecified atom stereocenters. The lowest BCUT2D eigenvalue weighted by Crippen LogP contribution is -2.36. The van der Waals surface area contributed by atoms with Crippen molar-refractivity contribution in [3.8, 4) is 0 Å². The summed E-state index contributed by atoms with van der Waals surface area (Å²) in [4.78, 5) is 15.9. The minimum absolute atomic E-state index is 0.270. The summed E-state index contributed by atoms with van der Waals surface area (Å²) in [7, 11) is 0. The molecule has 0 bridgehead atoms. The molecule has 1 aliphatic heterocycles. The van der Waals surface area contributed by atoms with Crippen LogP contribution in [0.25, 0.3) is 0 Å². The van der Waals surface area contributed by atoms with Crippen LogP contribution in [0.1, 0.15) is 31.1 Å². The van der Waals surface area contributed by atoms with Crippen LogP contribution < -0.4 is 11.1 Å². The van der Waals surface area contributed by atoms with Crippen molar-refractivity contribution in [2.75, 3.05) is 6.54 Å². The van der Waals surface area contributed by atoms with Gasteiger partial charge in [-0.15, -0.1) is 0 Å². The Bertz CT molecular complexity index is 448. The first-order chi connectivity index (χ1) is 7.92. The highest BCUT2D eigenvalue weighted by Crippen LogP contribution is 2.23. The minimum atomic E-state index is -0.538. The number of aromatic nitrogens is 2. The maximum atomic E-state index is 11.4. The van der Waals surface area contributed by atoms with E-state index < -0.39 is 5.41 Å². The third-order valence-corrected chi connectivity index (χ3v) is 3.40. The number of aryl methyl sites for hydroxylation is 1. The maximum Gasteiger partial charge on any atom is 0.224 e. The number of nitrogens with one attached hydrogen (secondary N) is 1. The van der Waals surface area contributed by atoms with E-state index in [0.29, 0.717) is 6.54 Å². The zero-order valence-electron chi connectivity index (χ0n) is 10.7. The average molecular weight is 236 g/mol. The standard InChI is InChI=1S/C12H20N4O/c1-8-15-9-6-14-5-4-10(9)16(8)7-12(2,3)11(13)17/h14H,4-7H2,1-3H3,(H2,13,17). The fourth-order valence-electron chi connectivity index (χ4n) is 2.19. The number of nitrogens with zero attached hydrogens (tertiary/aromatic N) is 2. The molecule has 1 amide bonds. The molecular formula is C12H20N4O. The fourth-order valence-corrected chi connectivity index (χ4v) is 2.19. The van der Waals surface area contributed by atoms with Crippen molar-refractivity contribution in [1.29, 1.82) is 0 Å². The van der Waals surface area contributed by atoms with E-state index in [1.54, 1.807) is 0 Å². The van der Waals surface area contributed by atoms with Gasteiger partial charge in [-0.2, -0.15) is 0 Å². The molecule has 5 heteroatoms. The molecule has 0 saturated heterocycles. The lowest BCUT2D eigenvalue weighted by molar-refractivity contribution is -0.126. The number of primary amides is 1. The lowest BCUT2D eigenvalue weighted by Gasteiger charge is -2.24. The van der Waals surface area contributed by atoms with Gasteiger partial charge in [0.25, 0.3) is 0 Å². The van der Waals surface area contributed by atoms with Gasteiger partial charge in [-0.3, -0.25) is 4.79 Å². The number of carbonyl (C=O) groups excluding carboxylic acids is 1. The molecular weight excluding hydrogens is 216 g/mol. The Hall–Kier alpha value is -1.36. The van der Waals surface area contributed by atoms with Crippen LogP contribution in [0.3, 0.4) is 0 Å². The molecule has 3 N–H and O–H groups in total. The second kappa shape index (κ2) is 4.14. The quantitative estimate of drug-likeness (QED) is 0.795. The van der Waals surface area contributed by atoms with Crippen molar-refractivity contribution >= 4 is 5.91 Å². The van der Waals surface area contributed by atoms with Crippen LogP contribution >= 0.6 is 0 Å². The van der Waals surface area contributed by atoms with E-state index in [1.807, 2.05) is 20.8 Å². The molecule has 0 atom stereocenters. The Morgan fingerprint density at radius 3 is 2.94 bits per heavy atom. The van der Waals surface area contributed by atoms with E-state index in [0.717, 1.165) is 31.0 Å². The molecule has 2 heterocycles. The summed E-state index contributed by atoms with van der Waals surface area (Å²) in [5.41, 5.74) is 7.24. The Labute approximate surface area is 101 Å². The first-order valence-electron chi connectivity index (χ1n) is 5.97. The molecule has 1 aromatic heterocycles. The molecule has 0 aromatic carbocycles. The number of hydrogen-bond acceptors (Lipinski definition) is 3. The van der Waals surface area contributed by atoms with Crippen LogP contribution in [0.2, 0.25) is 0 Å². The molecule has 2 rings (SSSR count). The van der Waals surface area contributed by atoms with Crippen LogP contribution in [0.5, 0.6) is 0 Å². The number of carbonyl (C=O) groups is 1. The Balaban J connectivity index is 2.33. The van der Waals surface area contributed by atoms with E-state index in [-0.39, 0.29) is 5.91 Å². The topological polar surface area (TPSA) is 72.9 Å². The van der Waals surface area contributed by atoms with Gasteiger partial charge in [-0.25, -0.2) is 4.98 Å². The molecule has 94 valence electrons. The van der Waals surface area contributed by atoms with E-state index >= 15 is 0 Å². The van der Waals surface area contributed by atoms with Crippen molar-refractivity contribution in [2.24, 2.45) is 11.1 Å². The van der Waals surface area contributed by atoms with Crippen LogP contribution in [-0.4, -0.2) is 22.0 Å². The van der Waals surface area contributed by atoms with E-state index in [2.05, 4.69) is 14.9 Å². The molecule has 0 saturated carbocycles. The number of amides is 1. The molecule has 0 aliphatic carbocycles. The van der Waals surface area contributed by atoms with E-state index in [4.69, 9.17) is 5.73 Å². The average Bonchev–Trinajstić information content (AvgIpc) is 2.55. The number of rotatable bonds is 3. The second-order valence-corrected chi connectivity index (χ2v) is 5.31. The van der Waals surface area contributed by atoms with Crippen molar-refractivity contribution in [3.05, 3.63) is 17.2 Å². The predicted molar refractivity (Wildman–Crippen MR) is 65.4 cm³/mol. The molecule has 0 fully saturated rings. The lowest BCUT2D eigenvalue weighted by atomic mass is 9.92. The number of hydrogen-bond donors (Lipinski definition) is 2. The highest BCUT2D eigenvalue weighted by molar-refractivity contribution is 5.79. The number of nitrogens with two attached hydrogens (primary N) is 1. The zero-order chi connectivity index (χ0) is 12.6. The van der Waals surface area contributed by atoms with Crippen molar-refractivity contribution in [2.45, 2.75) is 40.3 Å². The SMILES string of the molecule is Cc1nc2c(n1CC(C)(C)C(N)=O)CCNC2. The minimum Gasteiger partial charge on any atom is -0.369 e. The largest absolute Gasteiger partial charge is 0.369 e. The van der Waals surface area contributed by atoms with Crippen molar-refractivity contribution in [3.63, 3.8) is 0 Å². The van der Waals surface area contributed by atoms with Gasteiger partial charge in [0.05, 0.1) is 11.1 Å². The molecule has 1 aliphatic rings. The van der Waals surface area contributed by atoms with Crippen LogP contribution in [0.15, 0.2) is 0 Å². The zero-order valence-corrected chi connectivity index (χ0v) is 10.7. The van der Waals surface area contributed by atoms with Gasteiger partial charge in [-0.05, 0) is 20.8 Å². The summed E-state index contributed by atoms with van der Waals surface area (Å²) >= 11 is 0. The highest BCUT2D eigenvalue weighted by atomic mass is 16.1. The molecule has 0 spiro atoms. The van der Waals surface area contributed by atoms with Crippen molar-refractivity contribution in [1.82, 2.24) is 14.9 Å². The van der Waals surface area contributed by atoms with Gasteiger partial charge >= 0.3 is 0 Å². The van der Waals surface area contributed by atoms with E-state index in [9.17, 15) is 4.79 Å². The Kier molecular flexibility index (Phi) is 2.95. The molecule has 5 nitrogen and oxygen atoms in total. The normalized spacial score (nSPS) is 15.7. The number of imidazole rings is 1. The van der Waals surface area contributed by atoms with E-state index in [1.165, 1.54) is 5.69 Å². The predicted octanol–water partition coefficient (Wildman–Crippen LogP) is 0.349. The van der Waals surface area contributed by atoms with Crippen LogP contribution in [0, 0.1) is 12.3 Å². The molecule has 0 radical (unpaired) electrons. The van der Waals surface area contributed by atoms with Gasteiger partial charge in [0.15, 0.2) is 0 Å². The van der Waals surface area contributed by atoms with Gasteiger partial charge in [0.1, 0.15) is 5.82 Å². The van der Waals surface area contributed by atoms with Gasteiger partial charge in [0.2, 0.25) is 5.91 Å². The Morgan fingerprint density at radius 2 is 2.29 bits per heavy atom. The summed E-state index contributed by atoms with van der Waals surface area (Å²) in [6.07, 6.45) is 0.963. The first kappa shape index (κ1) is 12.1. The second-order valence-electron chi connectivity index (χ2n) is 5.31. The summed E-state index contributed by atoms with van der Waals surface area (Å²) in [6.45, 7) is 8.13. The summed E-state index contributed by atoms with van der Waals surface area (Å²) < 4.78 is 2.14. The third-order valence-electron chi connectivity index (χ3n) is 3.40. The monoisotopic (exact) mass is 236 g/mol. The van der Waals surface area contributed by atoms with Crippen molar-refractivity contribution < 1.29 is 4.79 Å². The Morgan fingerprint density at radius 1 is 1.59 bits per heavy atom. The fraction of sp³-hybridized carbons (Fsp3) is 0.667. The summed E-state index contributed by atoms with van der Waals surface area (Å²) in [5, 5.41) is 3.30. The molecule has 17 heavy (non-hydrogen) atoms. The van der Waals surface area contributed by atoms with Gasteiger partial charge in [-0.1, -0.05) is 0 Å². The first-order valence-corrected chi connectivity index (χ1v) is 5.97. The smallest absolute Gasteiger partial charge is 0.224 e. The highest BCUT2D eigenvalue weighted by Gasteiger charge is 2.28. The van der Waals surface area contributed by atoms with Crippen LogP contribution in [-0.2, 0) is 24.3 Å². The number of fused-ring (bicyclic) bond motifs is 1.